The molecule has 126 valence electrons. The van der Waals surface area contributed by atoms with Crippen LogP contribution in [0.15, 0.2) is 24.3 Å². The standard InChI is InChI=1S/C12H9ClF8O/c13-8-3-1-7(2-4-8)5-22-6-10(16,17)12(20,21)11(18,19)9(14)15/h1-4,9H,5-6H2. The van der Waals surface area contributed by atoms with E-state index in [9.17, 15) is 35.1 Å². The molecule has 0 heterocycles. The zero-order chi connectivity index (χ0) is 17.2. The summed E-state index contributed by atoms with van der Waals surface area (Å²) in [4.78, 5) is 0. The molecule has 0 spiro atoms. The lowest BCUT2D eigenvalue weighted by Crippen LogP contribution is -2.59. The first kappa shape index (κ1) is 19.0. The van der Waals surface area contributed by atoms with Gasteiger partial charge in [0.05, 0.1) is 6.61 Å². The fraction of sp³-hybridized carbons (Fsp3) is 0.500. The van der Waals surface area contributed by atoms with Crippen molar-refractivity contribution in [2.45, 2.75) is 30.8 Å². The van der Waals surface area contributed by atoms with Crippen LogP contribution < -0.4 is 0 Å². The second-order valence-corrected chi connectivity index (χ2v) is 4.76. The molecule has 0 saturated heterocycles. The molecule has 0 bridgehead atoms. The van der Waals surface area contributed by atoms with Gasteiger partial charge in [0.25, 0.3) is 0 Å². The summed E-state index contributed by atoms with van der Waals surface area (Å²) >= 11 is 5.54. The topological polar surface area (TPSA) is 9.23 Å². The minimum atomic E-state index is -6.26. The number of alkyl halides is 8. The Morgan fingerprint density at radius 2 is 1.45 bits per heavy atom. The van der Waals surface area contributed by atoms with Gasteiger partial charge in [-0.2, -0.15) is 26.3 Å². The molecule has 0 aliphatic carbocycles. The number of hydrogen-bond donors (Lipinski definition) is 0. The average Bonchev–Trinajstić information content (AvgIpc) is 2.40. The van der Waals surface area contributed by atoms with Crippen LogP contribution in [0.1, 0.15) is 5.56 Å². The second-order valence-electron chi connectivity index (χ2n) is 4.32. The summed E-state index contributed by atoms with van der Waals surface area (Å²) in [6.07, 6.45) is -4.94. The van der Waals surface area contributed by atoms with Gasteiger partial charge in [-0.1, -0.05) is 23.7 Å². The first-order valence-electron chi connectivity index (χ1n) is 5.65. The summed E-state index contributed by atoms with van der Waals surface area (Å²) in [5.41, 5.74) is 0.254. The highest BCUT2D eigenvalue weighted by Gasteiger charge is 2.75. The van der Waals surface area contributed by atoms with Gasteiger partial charge < -0.3 is 4.74 Å². The van der Waals surface area contributed by atoms with Crippen molar-refractivity contribution in [1.82, 2.24) is 0 Å². The van der Waals surface area contributed by atoms with Gasteiger partial charge in [-0.15, -0.1) is 0 Å². The highest BCUT2D eigenvalue weighted by atomic mass is 35.5. The highest BCUT2D eigenvalue weighted by molar-refractivity contribution is 6.30. The van der Waals surface area contributed by atoms with Crippen LogP contribution >= 0.6 is 11.6 Å². The Hall–Kier alpha value is -1.09. The van der Waals surface area contributed by atoms with Crippen LogP contribution in [-0.2, 0) is 11.3 Å². The van der Waals surface area contributed by atoms with Gasteiger partial charge >= 0.3 is 24.2 Å². The number of halogens is 9. The number of hydrogen-bond acceptors (Lipinski definition) is 1. The molecule has 0 atom stereocenters. The fourth-order valence-corrected chi connectivity index (χ4v) is 1.48. The van der Waals surface area contributed by atoms with Crippen molar-refractivity contribution in [2.24, 2.45) is 0 Å². The van der Waals surface area contributed by atoms with Crippen molar-refractivity contribution in [3.8, 4) is 0 Å². The zero-order valence-electron chi connectivity index (χ0n) is 10.6. The van der Waals surface area contributed by atoms with Crippen molar-refractivity contribution in [1.29, 1.82) is 0 Å². The van der Waals surface area contributed by atoms with E-state index in [2.05, 4.69) is 4.74 Å². The minimum Gasteiger partial charge on any atom is -0.370 e. The quantitative estimate of drug-likeness (QED) is 0.623. The molecule has 1 aromatic rings. The number of benzene rings is 1. The molecule has 0 saturated carbocycles. The van der Waals surface area contributed by atoms with Crippen molar-refractivity contribution in [2.75, 3.05) is 6.61 Å². The van der Waals surface area contributed by atoms with Crippen LogP contribution in [0.25, 0.3) is 0 Å². The summed E-state index contributed by atoms with van der Waals surface area (Å²) in [5, 5.41) is 0.317. The molecule has 10 heteroatoms. The van der Waals surface area contributed by atoms with Crippen LogP contribution in [0.2, 0.25) is 5.02 Å². The van der Waals surface area contributed by atoms with Crippen molar-refractivity contribution in [3.05, 3.63) is 34.9 Å². The molecule has 0 amide bonds. The lowest BCUT2D eigenvalue weighted by Gasteiger charge is -2.32. The summed E-state index contributed by atoms with van der Waals surface area (Å²) < 4.78 is 105. The molecular formula is C12H9ClF8O. The van der Waals surface area contributed by atoms with Crippen molar-refractivity contribution >= 4 is 11.6 Å². The minimum absolute atomic E-state index is 0.254. The van der Waals surface area contributed by atoms with Gasteiger partial charge in [-0.05, 0) is 17.7 Å². The maximum absolute atomic E-state index is 13.1. The fourth-order valence-electron chi connectivity index (χ4n) is 1.35. The largest absolute Gasteiger partial charge is 0.380 e. The third-order valence-corrected chi connectivity index (χ3v) is 2.87. The molecule has 1 aromatic carbocycles. The Morgan fingerprint density at radius 3 is 1.91 bits per heavy atom. The van der Waals surface area contributed by atoms with Crippen LogP contribution in [0, 0.1) is 0 Å². The smallest absolute Gasteiger partial charge is 0.370 e. The van der Waals surface area contributed by atoms with E-state index >= 15 is 0 Å². The Balaban J connectivity index is 2.72. The molecule has 0 aliphatic heterocycles. The van der Waals surface area contributed by atoms with E-state index in [-0.39, 0.29) is 5.56 Å². The van der Waals surface area contributed by atoms with Crippen molar-refractivity contribution in [3.63, 3.8) is 0 Å². The van der Waals surface area contributed by atoms with Gasteiger partial charge in [0.2, 0.25) is 0 Å². The number of ether oxygens (including phenoxy) is 1. The lowest BCUT2D eigenvalue weighted by molar-refractivity contribution is -0.346. The second kappa shape index (κ2) is 6.57. The molecule has 1 nitrogen and oxygen atoms in total. The van der Waals surface area contributed by atoms with E-state index in [1.165, 1.54) is 24.3 Å². The van der Waals surface area contributed by atoms with Gasteiger partial charge in [-0.25, -0.2) is 8.78 Å². The van der Waals surface area contributed by atoms with Crippen LogP contribution in [0.4, 0.5) is 35.1 Å². The first-order valence-corrected chi connectivity index (χ1v) is 6.03. The summed E-state index contributed by atoms with van der Waals surface area (Å²) in [6.45, 7) is -2.76. The highest BCUT2D eigenvalue weighted by Crippen LogP contribution is 2.48. The van der Waals surface area contributed by atoms with Crippen LogP contribution in [0.3, 0.4) is 0 Å². The van der Waals surface area contributed by atoms with E-state index < -0.39 is 37.4 Å². The Labute approximate surface area is 124 Å². The number of rotatable bonds is 7. The predicted molar refractivity (Wildman–Crippen MR) is 62.0 cm³/mol. The van der Waals surface area contributed by atoms with E-state index in [0.29, 0.717) is 5.02 Å². The molecule has 22 heavy (non-hydrogen) atoms. The van der Waals surface area contributed by atoms with Crippen molar-refractivity contribution < 1.29 is 39.9 Å². The van der Waals surface area contributed by atoms with E-state index in [1.807, 2.05) is 0 Å². The van der Waals surface area contributed by atoms with E-state index in [0.717, 1.165) is 0 Å². The summed E-state index contributed by atoms with van der Waals surface area (Å²) in [5.74, 6) is -17.9. The molecule has 0 fully saturated rings. The molecule has 0 radical (unpaired) electrons. The van der Waals surface area contributed by atoms with Gasteiger partial charge in [0, 0.05) is 5.02 Å². The average molecular weight is 357 g/mol. The molecule has 0 aromatic heterocycles. The maximum atomic E-state index is 13.1. The maximum Gasteiger partial charge on any atom is 0.380 e. The Morgan fingerprint density at radius 1 is 0.955 bits per heavy atom. The van der Waals surface area contributed by atoms with Gasteiger partial charge in [0.1, 0.15) is 6.61 Å². The normalized spacial score (nSPS) is 13.7. The Kier molecular flexibility index (Phi) is 5.66. The first-order chi connectivity index (χ1) is 9.92. The third-order valence-electron chi connectivity index (χ3n) is 2.62. The van der Waals surface area contributed by atoms with Gasteiger partial charge in [-0.3, -0.25) is 0 Å². The zero-order valence-corrected chi connectivity index (χ0v) is 11.4. The Bertz CT molecular complexity index is 488. The molecule has 0 N–H and O–H groups in total. The van der Waals surface area contributed by atoms with E-state index in [1.54, 1.807) is 0 Å². The SMILES string of the molecule is FC(F)C(F)(F)C(F)(F)C(F)(F)COCc1ccc(Cl)cc1. The molecule has 0 aliphatic rings. The lowest BCUT2D eigenvalue weighted by atomic mass is 10.1. The summed E-state index contributed by atoms with van der Waals surface area (Å²) in [7, 11) is 0. The molecule has 0 unspecified atom stereocenters. The third kappa shape index (κ3) is 3.81. The van der Waals surface area contributed by atoms with Gasteiger partial charge in [0.15, 0.2) is 0 Å². The summed E-state index contributed by atoms with van der Waals surface area (Å²) in [6, 6.07) is 5.37. The van der Waals surface area contributed by atoms with Crippen LogP contribution in [0.5, 0.6) is 0 Å². The monoisotopic (exact) mass is 356 g/mol. The molecule has 1 rings (SSSR count). The predicted octanol–water partition coefficient (Wildman–Crippen LogP) is 5.03. The molecular weight excluding hydrogens is 348 g/mol. The van der Waals surface area contributed by atoms with Crippen LogP contribution in [-0.4, -0.2) is 30.8 Å². The van der Waals surface area contributed by atoms with E-state index in [4.69, 9.17) is 11.6 Å².